The first-order chi connectivity index (χ1) is 9.48. The van der Waals surface area contributed by atoms with E-state index in [1.807, 2.05) is 6.07 Å². The zero-order valence-electron chi connectivity index (χ0n) is 13.2. The first kappa shape index (κ1) is 15.2. The molecule has 1 saturated carbocycles. The highest BCUT2D eigenvalue weighted by Crippen LogP contribution is 2.33. The molecule has 20 heavy (non-hydrogen) atoms. The molecule has 2 rings (SSSR count). The molecule has 0 bridgehead atoms. The normalized spacial score (nSPS) is 15.2. The van der Waals surface area contributed by atoms with Gasteiger partial charge in [0.05, 0.1) is 13.7 Å². The summed E-state index contributed by atoms with van der Waals surface area (Å²) in [5.41, 5.74) is 1.33. The molecular formula is C17H27NO2. The molecule has 0 aliphatic heterocycles. The van der Waals surface area contributed by atoms with E-state index >= 15 is 0 Å². The van der Waals surface area contributed by atoms with E-state index in [1.165, 1.54) is 18.4 Å². The predicted molar refractivity (Wildman–Crippen MR) is 82.4 cm³/mol. The van der Waals surface area contributed by atoms with Crippen molar-refractivity contribution in [3.63, 3.8) is 0 Å². The van der Waals surface area contributed by atoms with Crippen LogP contribution < -0.4 is 14.8 Å². The molecule has 1 aromatic rings. The Balaban J connectivity index is 1.91. The fourth-order valence-electron chi connectivity index (χ4n) is 2.05. The molecular weight excluding hydrogens is 250 g/mol. The summed E-state index contributed by atoms with van der Waals surface area (Å²) in [6.45, 7) is 8.13. The minimum Gasteiger partial charge on any atom is -0.493 e. The lowest BCUT2D eigenvalue weighted by atomic mass is 10.1. The highest BCUT2D eigenvalue weighted by molar-refractivity contribution is 5.43. The molecule has 1 aliphatic carbocycles. The topological polar surface area (TPSA) is 30.5 Å². The molecule has 0 amide bonds. The number of benzene rings is 1. The van der Waals surface area contributed by atoms with E-state index in [0.29, 0.717) is 0 Å². The van der Waals surface area contributed by atoms with Gasteiger partial charge in [-0.05, 0) is 50.8 Å². The quantitative estimate of drug-likeness (QED) is 0.823. The van der Waals surface area contributed by atoms with E-state index in [2.05, 4.69) is 38.2 Å². The van der Waals surface area contributed by atoms with Gasteiger partial charge < -0.3 is 14.8 Å². The molecule has 0 saturated heterocycles. The number of hydrogen-bond donors (Lipinski definition) is 1. The molecule has 0 spiro atoms. The maximum absolute atomic E-state index is 5.83. The molecule has 3 heteroatoms. The first-order valence-electron chi connectivity index (χ1n) is 7.53. The molecule has 0 unspecified atom stereocenters. The summed E-state index contributed by atoms with van der Waals surface area (Å²) in [4.78, 5) is 0. The predicted octanol–water partition coefficient (Wildman–Crippen LogP) is 3.76. The Morgan fingerprint density at radius 1 is 1.20 bits per heavy atom. The SMILES string of the molecule is COc1cc(CNC(C)(C)C)ccc1OCCC1CC1. The average Bonchev–Trinajstić information content (AvgIpc) is 3.20. The molecule has 1 aliphatic rings. The van der Waals surface area contributed by atoms with E-state index in [9.17, 15) is 0 Å². The molecule has 1 N–H and O–H groups in total. The van der Waals surface area contributed by atoms with Crippen molar-refractivity contribution in [2.24, 2.45) is 5.92 Å². The molecule has 1 aromatic carbocycles. The second-order valence-corrected chi connectivity index (χ2v) is 6.67. The number of methoxy groups -OCH3 is 1. The van der Waals surface area contributed by atoms with Crippen molar-refractivity contribution in [2.75, 3.05) is 13.7 Å². The smallest absolute Gasteiger partial charge is 0.161 e. The average molecular weight is 277 g/mol. The van der Waals surface area contributed by atoms with Gasteiger partial charge >= 0.3 is 0 Å². The Hall–Kier alpha value is -1.22. The van der Waals surface area contributed by atoms with Crippen LogP contribution in [0.3, 0.4) is 0 Å². The summed E-state index contributed by atoms with van der Waals surface area (Å²) in [5, 5.41) is 3.48. The zero-order chi connectivity index (χ0) is 14.6. The van der Waals surface area contributed by atoms with E-state index in [4.69, 9.17) is 9.47 Å². The fourth-order valence-corrected chi connectivity index (χ4v) is 2.05. The van der Waals surface area contributed by atoms with Crippen molar-refractivity contribution in [1.29, 1.82) is 0 Å². The molecule has 112 valence electrons. The Morgan fingerprint density at radius 2 is 1.95 bits per heavy atom. The van der Waals surface area contributed by atoms with Gasteiger partial charge in [0.1, 0.15) is 0 Å². The first-order valence-corrected chi connectivity index (χ1v) is 7.53. The van der Waals surface area contributed by atoms with Crippen LogP contribution in [0.2, 0.25) is 0 Å². The lowest BCUT2D eigenvalue weighted by Gasteiger charge is -2.21. The van der Waals surface area contributed by atoms with Crippen molar-refractivity contribution < 1.29 is 9.47 Å². The third-order valence-corrected chi connectivity index (χ3v) is 3.53. The molecule has 0 heterocycles. The van der Waals surface area contributed by atoms with Crippen LogP contribution in [-0.4, -0.2) is 19.3 Å². The monoisotopic (exact) mass is 277 g/mol. The summed E-state index contributed by atoms with van der Waals surface area (Å²) < 4.78 is 11.3. The Labute approximate surface area is 122 Å². The second kappa shape index (κ2) is 6.49. The molecule has 1 fully saturated rings. The van der Waals surface area contributed by atoms with Gasteiger partial charge in [0.25, 0.3) is 0 Å². The lowest BCUT2D eigenvalue weighted by Crippen LogP contribution is -2.35. The Morgan fingerprint density at radius 3 is 2.55 bits per heavy atom. The largest absolute Gasteiger partial charge is 0.493 e. The fraction of sp³-hybridized carbons (Fsp3) is 0.647. The van der Waals surface area contributed by atoms with E-state index in [-0.39, 0.29) is 5.54 Å². The minimum absolute atomic E-state index is 0.118. The van der Waals surface area contributed by atoms with Gasteiger partial charge in [-0.25, -0.2) is 0 Å². The summed E-state index contributed by atoms with van der Waals surface area (Å²) >= 11 is 0. The van der Waals surface area contributed by atoms with Crippen LogP contribution in [0.5, 0.6) is 11.5 Å². The van der Waals surface area contributed by atoms with Gasteiger partial charge in [-0.2, -0.15) is 0 Å². The highest BCUT2D eigenvalue weighted by atomic mass is 16.5. The van der Waals surface area contributed by atoms with Crippen molar-refractivity contribution >= 4 is 0 Å². The van der Waals surface area contributed by atoms with Gasteiger partial charge in [0.15, 0.2) is 11.5 Å². The maximum atomic E-state index is 5.83. The van der Waals surface area contributed by atoms with Gasteiger partial charge in [0.2, 0.25) is 0 Å². The van der Waals surface area contributed by atoms with Gasteiger partial charge in [0, 0.05) is 12.1 Å². The third-order valence-electron chi connectivity index (χ3n) is 3.53. The lowest BCUT2D eigenvalue weighted by molar-refractivity contribution is 0.282. The number of rotatable bonds is 7. The van der Waals surface area contributed by atoms with Crippen molar-refractivity contribution in [3.05, 3.63) is 23.8 Å². The van der Waals surface area contributed by atoms with Crippen molar-refractivity contribution in [3.8, 4) is 11.5 Å². The van der Waals surface area contributed by atoms with Crippen LogP contribution in [0.25, 0.3) is 0 Å². The van der Waals surface area contributed by atoms with E-state index < -0.39 is 0 Å². The van der Waals surface area contributed by atoms with Crippen LogP contribution in [0.1, 0.15) is 45.6 Å². The van der Waals surface area contributed by atoms with Gasteiger partial charge in [-0.1, -0.05) is 18.9 Å². The molecule has 0 aromatic heterocycles. The molecule has 3 nitrogen and oxygen atoms in total. The van der Waals surface area contributed by atoms with Crippen molar-refractivity contribution in [1.82, 2.24) is 5.32 Å². The van der Waals surface area contributed by atoms with Crippen LogP contribution in [0.4, 0.5) is 0 Å². The molecule has 0 radical (unpaired) electrons. The Bertz CT molecular complexity index is 433. The highest BCUT2D eigenvalue weighted by Gasteiger charge is 2.21. The molecule has 0 atom stereocenters. The summed E-state index contributed by atoms with van der Waals surface area (Å²) in [6, 6.07) is 6.18. The van der Waals surface area contributed by atoms with E-state index in [1.54, 1.807) is 7.11 Å². The van der Waals surface area contributed by atoms with Gasteiger partial charge in [-0.3, -0.25) is 0 Å². The van der Waals surface area contributed by atoms with Gasteiger partial charge in [-0.15, -0.1) is 0 Å². The number of hydrogen-bond acceptors (Lipinski definition) is 3. The zero-order valence-corrected chi connectivity index (χ0v) is 13.2. The summed E-state index contributed by atoms with van der Waals surface area (Å²) in [7, 11) is 1.70. The summed E-state index contributed by atoms with van der Waals surface area (Å²) in [5.74, 6) is 2.58. The number of ether oxygens (including phenoxy) is 2. The third kappa shape index (κ3) is 5.04. The van der Waals surface area contributed by atoms with Crippen molar-refractivity contribution in [2.45, 2.75) is 52.1 Å². The Kier molecular flexibility index (Phi) is 4.92. The standard InChI is InChI=1S/C17H27NO2/c1-17(2,3)18-12-14-7-8-15(16(11-14)19-4)20-10-9-13-5-6-13/h7-8,11,13,18H,5-6,9-10,12H2,1-4H3. The second-order valence-electron chi connectivity index (χ2n) is 6.67. The van der Waals surface area contributed by atoms with E-state index in [0.717, 1.165) is 37.0 Å². The summed E-state index contributed by atoms with van der Waals surface area (Å²) in [6.07, 6.45) is 3.91. The minimum atomic E-state index is 0.118. The number of nitrogens with one attached hydrogen (secondary N) is 1. The van der Waals surface area contributed by atoms with Crippen LogP contribution in [0, 0.1) is 5.92 Å². The van der Waals surface area contributed by atoms with Crippen LogP contribution >= 0.6 is 0 Å². The van der Waals surface area contributed by atoms with Crippen LogP contribution in [-0.2, 0) is 6.54 Å². The van der Waals surface area contributed by atoms with Crippen LogP contribution in [0.15, 0.2) is 18.2 Å². The maximum Gasteiger partial charge on any atom is 0.161 e.